The first-order valence-electron chi connectivity index (χ1n) is 8.94. The van der Waals surface area contributed by atoms with Crippen molar-refractivity contribution in [2.75, 3.05) is 38.6 Å². The van der Waals surface area contributed by atoms with Gasteiger partial charge in [0.2, 0.25) is 0 Å². The molecule has 2 aromatic rings. The molecule has 1 aliphatic heterocycles. The van der Waals surface area contributed by atoms with Crippen LogP contribution in [-0.2, 0) is 6.54 Å². The molecule has 26 heavy (non-hydrogen) atoms. The number of nitrogens with zero attached hydrogens (tertiary/aromatic N) is 5. The first-order chi connectivity index (χ1) is 12.5. The summed E-state index contributed by atoms with van der Waals surface area (Å²) < 4.78 is 0. The molecule has 0 bridgehead atoms. The van der Waals surface area contributed by atoms with Crippen molar-refractivity contribution in [1.29, 1.82) is 0 Å². The first kappa shape index (κ1) is 18.7. The number of likely N-dealkylation sites (tertiary alicyclic amines) is 1. The quantitative estimate of drug-likeness (QED) is 0.833. The minimum Gasteiger partial charge on any atom is -0.363 e. The van der Waals surface area contributed by atoms with E-state index in [1.54, 1.807) is 17.5 Å². The van der Waals surface area contributed by atoms with Crippen LogP contribution in [0.5, 0.6) is 0 Å². The second-order valence-corrected chi connectivity index (χ2v) is 8.21. The smallest absolute Gasteiger partial charge is 0.252 e. The number of hydrogen-bond donors (Lipinski definition) is 1. The first-order valence-corrected chi connectivity index (χ1v) is 9.76. The molecule has 1 aliphatic rings. The van der Waals surface area contributed by atoms with Crippen LogP contribution in [0.4, 0.5) is 5.82 Å². The summed E-state index contributed by atoms with van der Waals surface area (Å²) in [6.45, 7) is 5.67. The molecule has 3 heterocycles. The Morgan fingerprint density at radius 1 is 1.31 bits per heavy atom. The molecule has 1 saturated heterocycles. The van der Waals surface area contributed by atoms with E-state index < -0.39 is 0 Å². The van der Waals surface area contributed by atoms with E-state index >= 15 is 0 Å². The normalized spacial score (nSPS) is 15.8. The van der Waals surface area contributed by atoms with E-state index in [1.807, 2.05) is 38.1 Å². The molecule has 1 amide bonds. The highest BCUT2D eigenvalue weighted by molar-refractivity contribution is 7.11. The van der Waals surface area contributed by atoms with Gasteiger partial charge in [0.25, 0.3) is 5.91 Å². The van der Waals surface area contributed by atoms with Crippen LogP contribution in [0.1, 0.15) is 33.2 Å². The molecule has 0 unspecified atom stereocenters. The van der Waals surface area contributed by atoms with Gasteiger partial charge in [-0.05, 0) is 50.9 Å². The van der Waals surface area contributed by atoms with Crippen molar-refractivity contribution < 1.29 is 4.79 Å². The summed E-state index contributed by atoms with van der Waals surface area (Å²) in [6.07, 6.45) is 3.82. The van der Waals surface area contributed by atoms with E-state index in [9.17, 15) is 4.79 Å². The van der Waals surface area contributed by atoms with Gasteiger partial charge < -0.3 is 10.2 Å². The van der Waals surface area contributed by atoms with Crippen LogP contribution >= 0.6 is 11.3 Å². The Morgan fingerprint density at radius 3 is 2.65 bits per heavy atom. The van der Waals surface area contributed by atoms with Gasteiger partial charge >= 0.3 is 0 Å². The topological polar surface area (TPSA) is 74.2 Å². The molecule has 140 valence electrons. The fourth-order valence-corrected chi connectivity index (χ4v) is 3.82. The zero-order valence-corrected chi connectivity index (χ0v) is 16.4. The third-order valence-corrected chi connectivity index (χ3v) is 5.48. The van der Waals surface area contributed by atoms with Gasteiger partial charge in [-0.25, -0.2) is 4.98 Å². The third kappa shape index (κ3) is 4.98. The van der Waals surface area contributed by atoms with Crippen molar-refractivity contribution in [2.24, 2.45) is 5.92 Å². The Kier molecular flexibility index (Phi) is 6.16. The van der Waals surface area contributed by atoms with Crippen LogP contribution in [0.2, 0.25) is 0 Å². The van der Waals surface area contributed by atoms with E-state index in [1.165, 1.54) is 0 Å². The molecule has 2 aromatic heterocycles. The average molecular weight is 375 g/mol. The maximum absolute atomic E-state index is 12.3. The van der Waals surface area contributed by atoms with Crippen LogP contribution < -0.4 is 10.2 Å². The van der Waals surface area contributed by atoms with Crippen molar-refractivity contribution in [1.82, 2.24) is 25.4 Å². The van der Waals surface area contributed by atoms with Crippen LogP contribution in [0.15, 0.2) is 18.3 Å². The van der Waals surface area contributed by atoms with Gasteiger partial charge in [0.15, 0.2) is 0 Å². The number of rotatable bonds is 6. The lowest BCUT2D eigenvalue weighted by molar-refractivity contribution is 0.0935. The van der Waals surface area contributed by atoms with E-state index in [-0.39, 0.29) is 5.91 Å². The zero-order chi connectivity index (χ0) is 18.5. The SMILES string of the molecule is Cc1nnc(CN2CCC(CNC(=O)c3ccc(N(C)C)nc3)CC2)s1. The lowest BCUT2D eigenvalue weighted by atomic mass is 9.96. The van der Waals surface area contributed by atoms with E-state index in [0.29, 0.717) is 11.5 Å². The summed E-state index contributed by atoms with van der Waals surface area (Å²) in [6, 6.07) is 3.69. The van der Waals surface area contributed by atoms with Gasteiger partial charge in [-0.2, -0.15) is 0 Å². The molecule has 0 atom stereocenters. The molecule has 0 aromatic carbocycles. The molecule has 1 N–H and O–H groups in total. The Morgan fingerprint density at radius 2 is 2.08 bits per heavy atom. The highest BCUT2D eigenvalue weighted by atomic mass is 32.1. The minimum absolute atomic E-state index is 0.0467. The number of anilines is 1. The number of piperidine rings is 1. The van der Waals surface area contributed by atoms with Gasteiger partial charge in [-0.15, -0.1) is 21.5 Å². The summed E-state index contributed by atoms with van der Waals surface area (Å²) in [5.74, 6) is 1.33. The van der Waals surface area contributed by atoms with Crippen molar-refractivity contribution in [3.05, 3.63) is 33.9 Å². The summed E-state index contributed by atoms with van der Waals surface area (Å²) in [4.78, 5) is 20.9. The number of carbonyl (C=O) groups excluding carboxylic acids is 1. The second kappa shape index (κ2) is 8.55. The van der Waals surface area contributed by atoms with Gasteiger partial charge in [0.1, 0.15) is 15.8 Å². The Labute approximate surface area is 158 Å². The van der Waals surface area contributed by atoms with Crippen LogP contribution in [-0.4, -0.2) is 59.7 Å². The monoisotopic (exact) mass is 374 g/mol. The van der Waals surface area contributed by atoms with E-state index in [4.69, 9.17) is 0 Å². The van der Waals surface area contributed by atoms with Crippen molar-refractivity contribution >= 4 is 23.1 Å². The summed E-state index contributed by atoms with van der Waals surface area (Å²) >= 11 is 1.67. The number of pyridine rings is 1. The average Bonchev–Trinajstić information content (AvgIpc) is 3.05. The van der Waals surface area contributed by atoms with Crippen molar-refractivity contribution in [2.45, 2.75) is 26.3 Å². The Bertz CT molecular complexity index is 722. The number of hydrogen-bond acceptors (Lipinski definition) is 7. The predicted octanol–water partition coefficient (Wildman–Crippen LogP) is 1.95. The molecule has 1 fully saturated rings. The maximum Gasteiger partial charge on any atom is 0.252 e. The van der Waals surface area contributed by atoms with Gasteiger partial charge in [-0.3, -0.25) is 9.69 Å². The number of aromatic nitrogens is 3. The standard InChI is InChI=1S/C18H26N6OS/c1-13-21-22-17(26-13)12-24-8-6-14(7-9-24)10-20-18(25)15-4-5-16(19-11-15)23(2)3/h4-5,11,14H,6-10,12H2,1-3H3,(H,20,25). The van der Waals surface area contributed by atoms with Gasteiger partial charge in [-0.1, -0.05) is 0 Å². The molecule has 7 nitrogen and oxygen atoms in total. The van der Waals surface area contributed by atoms with Crippen LogP contribution in [0, 0.1) is 12.8 Å². The fourth-order valence-electron chi connectivity index (χ4n) is 3.07. The number of amides is 1. The molecule has 0 saturated carbocycles. The summed E-state index contributed by atoms with van der Waals surface area (Å²) in [5.41, 5.74) is 0.611. The van der Waals surface area contributed by atoms with Gasteiger partial charge in [0.05, 0.1) is 12.1 Å². The molecule has 3 rings (SSSR count). The Hall–Kier alpha value is -2.06. The maximum atomic E-state index is 12.3. The van der Waals surface area contributed by atoms with E-state index in [0.717, 1.165) is 54.9 Å². The minimum atomic E-state index is -0.0467. The highest BCUT2D eigenvalue weighted by Gasteiger charge is 2.21. The number of nitrogens with one attached hydrogen (secondary N) is 1. The molecule has 0 radical (unpaired) electrons. The zero-order valence-electron chi connectivity index (χ0n) is 15.6. The summed E-state index contributed by atoms with van der Waals surface area (Å²) in [7, 11) is 3.86. The molecular formula is C18H26N6OS. The van der Waals surface area contributed by atoms with Crippen LogP contribution in [0.3, 0.4) is 0 Å². The second-order valence-electron chi connectivity index (χ2n) is 6.94. The Balaban J connectivity index is 1.41. The third-order valence-electron chi connectivity index (χ3n) is 4.65. The van der Waals surface area contributed by atoms with Crippen molar-refractivity contribution in [3.63, 3.8) is 0 Å². The van der Waals surface area contributed by atoms with Crippen molar-refractivity contribution in [3.8, 4) is 0 Å². The molecular weight excluding hydrogens is 348 g/mol. The number of aryl methyl sites for hydroxylation is 1. The number of carbonyl (C=O) groups is 1. The predicted molar refractivity (Wildman–Crippen MR) is 104 cm³/mol. The lowest BCUT2D eigenvalue weighted by Gasteiger charge is -2.31. The van der Waals surface area contributed by atoms with Gasteiger partial charge in [0, 0.05) is 26.8 Å². The highest BCUT2D eigenvalue weighted by Crippen LogP contribution is 2.20. The summed E-state index contributed by atoms with van der Waals surface area (Å²) in [5, 5.41) is 13.4. The lowest BCUT2D eigenvalue weighted by Crippen LogP contribution is -2.38. The van der Waals surface area contributed by atoms with E-state index in [2.05, 4.69) is 25.4 Å². The fraction of sp³-hybridized carbons (Fsp3) is 0.556. The van der Waals surface area contributed by atoms with Crippen LogP contribution in [0.25, 0.3) is 0 Å². The largest absolute Gasteiger partial charge is 0.363 e. The molecule has 0 spiro atoms. The molecule has 0 aliphatic carbocycles. The molecule has 8 heteroatoms.